The van der Waals surface area contributed by atoms with Crippen molar-refractivity contribution < 1.29 is 4.79 Å². The number of amides is 1. The number of nitrogens with zero attached hydrogens (tertiary/aromatic N) is 4. The molecule has 28 heavy (non-hydrogen) atoms. The number of aromatic nitrogens is 2. The average Bonchev–Trinajstić information content (AvgIpc) is 3.38. The highest BCUT2D eigenvalue weighted by Gasteiger charge is 2.54. The van der Waals surface area contributed by atoms with E-state index in [1.54, 1.807) is 0 Å². The molecule has 4 saturated heterocycles. The van der Waals surface area contributed by atoms with E-state index in [-0.39, 0.29) is 5.91 Å². The third kappa shape index (κ3) is 2.41. The molecule has 0 unspecified atom stereocenters. The maximum atomic E-state index is 13.7. The third-order valence-corrected chi connectivity index (χ3v) is 7.70. The van der Waals surface area contributed by atoms with Gasteiger partial charge in [-0.15, -0.1) is 0 Å². The van der Waals surface area contributed by atoms with Crippen LogP contribution in [-0.4, -0.2) is 57.2 Å². The molecule has 5 nitrogen and oxygen atoms in total. The van der Waals surface area contributed by atoms with Crippen LogP contribution >= 0.6 is 0 Å². The second-order valence-corrected chi connectivity index (χ2v) is 9.01. The van der Waals surface area contributed by atoms with E-state index >= 15 is 0 Å². The van der Waals surface area contributed by atoms with E-state index < -0.39 is 0 Å². The van der Waals surface area contributed by atoms with Gasteiger partial charge in [0.1, 0.15) is 0 Å². The monoisotopic (exact) mass is 376 g/mol. The van der Waals surface area contributed by atoms with Crippen molar-refractivity contribution >= 4 is 5.91 Å². The minimum Gasteiger partial charge on any atom is -0.333 e. The van der Waals surface area contributed by atoms with E-state index in [0.29, 0.717) is 23.9 Å². The Morgan fingerprint density at radius 1 is 1.00 bits per heavy atom. The van der Waals surface area contributed by atoms with Gasteiger partial charge in [-0.3, -0.25) is 14.4 Å². The first kappa shape index (κ1) is 16.8. The molecule has 0 spiro atoms. The molecule has 1 aromatic carbocycles. The molecule has 6 heterocycles. The third-order valence-electron chi connectivity index (χ3n) is 7.70. The lowest BCUT2D eigenvalue weighted by Crippen LogP contribution is -2.60. The van der Waals surface area contributed by atoms with E-state index in [9.17, 15) is 4.79 Å². The highest BCUT2D eigenvalue weighted by Crippen LogP contribution is 2.47. The Morgan fingerprint density at radius 3 is 2.64 bits per heavy atom. The Kier molecular flexibility index (Phi) is 3.86. The molecule has 0 aliphatic carbocycles. The Balaban J connectivity index is 1.38. The van der Waals surface area contributed by atoms with Crippen LogP contribution in [0.15, 0.2) is 36.5 Å². The minimum atomic E-state index is 0.227. The number of carbonyl (C=O) groups is 1. The summed E-state index contributed by atoms with van der Waals surface area (Å²) in [6.45, 7) is 4.19. The number of likely N-dealkylation sites (tertiary alicyclic amines) is 1. The molecule has 146 valence electrons. The van der Waals surface area contributed by atoms with Gasteiger partial charge in [0.2, 0.25) is 0 Å². The van der Waals surface area contributed by atoms with Crippen molar-refractivity contribution in [1.29, 1.82) is 0 Å². The number of hydrogen-bond donors (Lipinski definition) is 0. The standard InChI is InChI=1S/C23H28N4O/c28-23(18-14-24-27-11-5-4-8-20(18)27)26-15-19(16-6-2-1-3-7-16)22-21(26)17-9-12-25(22)13-10-17/h1-3,6-7,14,17,19,21-22H,4-5,8-13,15H2/t19-,21+,22+/m0/s1. The molecule has 5 aliphatic heterocycles. The maximum Gasteiger partial charge on any atom is 0.257 e. The van der Waals surface area contributed by atoms with E-state index in [4.69, 9.17) is 0 Å². The van der Waals surface area contributed by atoms with E-state index in [2.05, 4.69) is 49.9 Å². The second-order valence-electron chi connectivity index (χ2n) is 9.01. The first-order chi connectivity index (χ1) is 13.8. The number of fused-ring (bicyclic) bond motifs is 3. The summed E-state index contributed by atoms with van der Waals surface area (Å²) in [5, 5.41) is 4.54. The van der Waals surface area contributed by atoms with Gasteiger partial charge in [0.25, 0.3) is 5.91 Å². The average molecular weight is 377 g/mol. The quantitative estimate of drug-likeness (QED) is 0.809. The molecule has 4 fully saturated rings. The predicted octanol–water partition coefficient (Wildman–Crippen LogP) is 2.92. The highest BCUT2D eigenvalue weighted by molar-refractivity contribution is 5.96. The minimum absolute atomic E-state index is 0.227. The zero-order valence-corrected chi connectivity index (χ0v) is 16.3. The van der Waals surface area contributed by atoms with Gasteiger partial charge < -0.3 is 4.90 Å². The van der Waals surface area contributed by atoms with Crippen LogP contribution < -0.4 is 0 Å². The fourth-order valence-electron chi connectivity index (χ4n) is 6.40. The first-order valence-electron chi connectivity index (χ1n) is 11.0. The van der Waals surface area contributed by atoms with Gasteiger partial charge in [-0.05, 0) is 56.7 Å². The SMILES string of the molecule is O=C(c1cnn2c1CCCC2)N1C[C@@H](c2ccccc2)[C@@H]2[C@H]1C1CCN2CC1. The van der Waals surface area contributed by atoms with Gasteiger partial charge in [0.15, 0.2) is 0 Å². The number of rotatable bonds is 2. The molecule has 2 bridgehead atoms. The highest BCUT2D eigenvalue weighted by atomic mass is 16.2. The Labute approximate surface area is 166 Å². The van der Waals surface area contributed by atoms with Crippen LogP contribution in [0.5, 0.6) is 0 Å². The second kappa shape index (κ2) is 6.45. The van der Waals surface area contributed by atoms with Crippen molar-refractivity contribution in [3.63, 3.8) is 0 Å². The summed E-state index contributed by atoms with van der Waals surface area (Å²) in [5.41, 5.74) is 3.42. The van der Waals surface area contributed by atoms with Gasteiger partial charge in [0, 0.05) is 25.0 Å². The summed E-state index contributed by atoms with van der Waals surface area (Å²) in [7, 11) is 0. The van der Waals surface area contributed by atoms with Crippen molar-refractivity contribution in [3.05, 3.63) is 53.3 Å². The Morgan fingerprint density at radius 2 is 1.82 bits per heavy atom. The summed E-state index contributed by atoms with van der Waals surface area (Å²) >= 11 is 0. The number of aryl methyl sites for hydroxylation is 1. The summed E-state index contributed by atoms with van der Waals surface area (Å²) in [6.07, 6.45) is 7.64. The normalized spacial score (nSPS) is 33.6. The van der Waals surface area contributed by atoms with Gasteiger partial charge in [0.05, 0.1) is 23.5 Å². The zero-order valence-electron chi connectivity index (χ0n) is 16.3. The van der Waals surface area contributed by atoms with Crippen molar-refractivity contribution in [2.24, 2.45) is 5.92 Å². The van der Waals surface area contributed by atoms with Crippen molar-refractivity contribution in [3.8, 4) is 0 Å². The van der Waals surface area contributed by atoms with Crippen molar-refractivity contribution in [2.75, 3.05) is 19.6 Å². The van der Waals surface area contributed by atoms with Crippen LogP contribution in [0.1, 0.15) is 53.2 Å². The maximum absolute atomic E-state index is 13.7. The number of carbonyl (C=O) groups excluding carboxylic acids is 1. The molecule has 1 amide bonds. The first-order valence-corrected chi connectivity index (χ1v) is 11.0. The molecular formula is C23H28N4O. The lowest BCUT2D eigenvalue weighted by atomic mass is 9.75. The number of hydrogen-bond acceptors (Lipinski definition) is 3. The molecule has 2 aromatic rings. The van der Waals surface area contributed by atoms with Crippen LogP contribution in [0.4, 0.5) is 0 Å². The van der Waals surface area contributed by atoms with Gasteiger partial charge in [-0.1, -0.05) is 30.3 Å². The molecule has 0 saturated carbocycles. The summed E-state index contributed by atoms with van der Waals surface area (Å²) in [4.78, 5) is 18.7. The molecule has 5 heteroatoms. The topological polar surface area (TPSA) is 41.4 Å². The fraction of sp³-hybridized carbons (Fsp3) is 0.565. The van der Waals surface area contributed by atoms with Gasteiger partial charge in [-0.25, -0.2) is 0 Å². The molecule has 1 aromatic heterocycles. The van der Waals surface area contributed by atoms with E-state index in [0.717, 1.165) is 30.8 Å². The lowest BCUT2D eigenvalue weighted by molar-refractivity contribution is -0.00345. The van der Waals surface area contributed by atoms with Crippen LogP contribution in [-0.2, 0) is 13.0 Å². The molecule has 7 rings (SSSR count). The summed E-state index contributed by atoms with van der Waals surface area (Å²) in [6, 6.07) is 11.7. The molecule has 5 aliphatic rings. The van der Waals surface area contributed by atoms with Crippen LogP contribution in [0.3, 0.4) is 0 Å². The Hall–Kier alpha value is -2.14. The summed E-state index contributed by atoms with van der Waals surface area (Å²) in [5.74, 6) is 1.30. The molecule has 0 radical (unpaired) electrons. The van der Waals surface area contributed by atoms with Crippen LogP contribution in [0, 0.1) is 5.92 Å². The smallest absolute Gasteiger partial charge is 0.257 e. The largest absolute Gasteiger partial charge is 0.333 e. The number of benzene rings is 1. The zero-order chi connectivity index (χ0) is 18.7. The van der Waals surface area contributed by atoms with Gasteiger partial charge >= 0.3 is 0 Å². The number of piperidine rings is 3. The lowest BCUT2D eigenvalue weighted by Gasteiger charge is -2.51. The van der Waals surface area contributed by atoms with Crippen molar-refractivity contribution in [1.82, 2.24) is 19.6 Å². The van der Waals surface area contributed by atoms with E-state index in [1.165, 1.54) is 44.3 Å². The van der Waals surface area contributed by atoms with Crippen molar-refractivity contribution in [2.45, 2.75) is 56.7 Å². The van der Waals surface area contributed by atoms with Crippen LogP contribution in [0.2, 0.25) is 0 Å². The van der Waals surface area contributed by atoms with Crippen LogP contribution in [0.25, 0.3) is 0 Å². The molecule has 3 atom stereocenters. The van der Waals surface area contributed by atoms with Gasteiger partial charge in [-0.2, -0.15) is 5.10 Å². The predicted molar refractivity (Wildman–Crippen MR) is 107 cm³/mol. The molecular weight excluding hydrogens is 348 g/mol. The fourth-order valence-corrected chi connectivity index (χ4v) is 6.40. The molecule has 0 N–H and O–H groups in total. The summed E-state index contributed by atoms with van der Waals surface area (Å²) < 4.78 is 2.06. The Bertz CT molecular complexity index is 883. The van der Waals surface area contributed by atoms with E-state index in [1.807, 2.05) is 6.20 Å².